The van der Waals surface area contributed by atoms with Gasteiger partial charge in [-0.15, -0.1) is 0 Å². The van der Waals surface area contributed by atoms with E-state index in [1.54, 1.807) is 6.20 Å². The number of likely N-dealkylation sites (tertiary alicyclic amines) is 1. The minimum atomic E-state index is -0.718. The summed E-state index contributed by atoms with van der Waals surface area (Å²) in [5, 5.41) is 9.60. The molecule has 1 aliphatic rings. The van der Waals surface area contributed by atoms with Crippen LogP contribution in [0.4, 0.5) is 0 Å². The summed E-state index contributed by atoms with van der Waals surface area (Å²) in [6.07, 6.45) is 4.24. The summed E-state index contributed by atoms with van der Waals surface area (Å²) in [6, 6.07) is 12.1. The van der Waals surface area contributed by atoms with Crippen molar-refractivity contribution in [2.45, 2.75) is 18.9 Å². The Morgan fingerprint density at radius 1 is 1.23 bits per heavy atom. The molecule has 6 nitrogen and oxygen atoms in total. The first-order chi connectivity index (χ1) is 12.6. The van der Waals surface area contributed by atoms with E-state index in [0.29, 0.717) is 19.5 Å². The minimum Gasteiger partial charge on any atom is -0.481 e. The summed E-state index contributed by atoms with van der Waals surface area (Å²) in [7, 11) is 1.99. The van der Waals surface area contributed by atoms with Crippen LogP contribution >= 0.6 is 0 Å². The Hall–Kier alpha value is -2.73. The lowest BCUT2D eigenvalue weighted by Crippen LogP contribution is -2.42. The van der Waals surface area contributed by atoms with E-state index in [0.717, 1.165) is 23.4 Å². The quantitative estimate of drug-likeness (QED) is 0.783. The number of benzene rings is 1. The third-order valence-electron chi connectivity index (χ3n) is 5.29. The Kier molecular flexibility index (Phi) is 4.42. The predicted molar refractivity (Wildman–Crippen MR) is 98.7 cm³/mol. The van der Waals surface area contributed by atoms with Crippen molar-refractivity contribution in [3.63, 3.8) is 0 Å². The van der Waals surface area contributed by atoms with Crippen LogP contribution in [0.15, 0.2) is 48.8 Å². The van der Waals surface area contributed by atoms with Gasteiger partial charge in [0.05, 0.1) is 29.7 Å². The van der Waals surface area contributed by atoms with Gasteiger partial charge in [-0.25, -0.2) is 4.98 Å². The number of fused-ring (bicyclic) bond motifs is 1. The van der Waals surface area contributed by atoms with Crippen LogP contribution in [0.25, 0.3) is 11.0 Å². The van der Waals surface area contributed by atoms with E-state index in [4.69, 9.17) is 4.98 Å². The molecule has 1 N–H and O–H groups in total. The van der Waals surface area contributed by atoms with Gasteiger partial charge in [-0.05, 0) is 24.0 Å². The number of carboxylic acids is 1. The molecule has 2 atom stereocenters. The second-order valence-electron chi connectivity index (χ2n) is 7.02. The lowest BCUT2D eigenvalue weighted by Gasteiger charge is -2.36. The molecule has 26 heavy (non-hydrogen) atoms. The fraction of sp³-hybridized carbons (Fsp3) is 0.350. The Morgan fingerprint density at radius 2 is 2.04 bits per heavy atom. The summed E-state index contributed by atoms with van der Waals surface area (Å²) in [6.45, 7) is 2.04. The van der Waals surface area contributed by atoms with Gasteiger partial charge in [0.25, 0.3) is 0 Å². The zero-order valence-electron chi connectivity index (χ0n) is 14.7. The molecule has 0 radical (unpaired) electrons. The van der Waals surface area contributed by atoms with Crippen LogP contribution in [-0.4, -0.2) is 43.6 Å². The molecule has 6 heteroatoms. The predicted octanol–water partition coefficient (Wildman–Crippen LogP) is 2.66. The summed E-state index contributed by atoms with van der Waals surface area (Å²) in [5.41, 5.74) is 3.12. The van der Waals surface area contributed by atoms with E-state index < -0.39 is 5.97 Å². The number of aryl methyl sites for hydroxylation is 1. The minimum absolute atomic E-state index is 0.224. The van der Waals surface area contributed by atoms with Crippen LogP contribution in [0, 0.1) is 5.92 Å². The largest absolute Gasteiger partial charge is 0.481 e. The molecule has 4 rings (SSSR count). The number of nitrogens with zero attached hydrogens (tertiary/aromatic N) is 4. The Labute approximate surface area is 152 Å². The van der Waals surface area contributed by atoms with Crippen molar-refractivity contribution >= 4 is 17.0 Å². The molecule has 0 bridgehead atoms. The average molecular weight is 350 g/mol. The van der Waals surface area contributed by atoms with Crippen LogP contribution in [0.5, 0.6) is 0 Å². The molecule has 1 fully saturated rings. The number of aromatic nitrogens is 3. The standard InChI is InChI=1S/C20H22N4O2/c1-23-18-10-21-8-7-17(18)22-19(23)13-24-11-15(9-16(12-24)20(25)26)14-5-3-2-4-6-14/h2-8,10,15-16H,9,11-13H2,1H3,(H,25,26). The van der Waals surface area contributed by atoms with Crippen molar-refractivity contribution < 1.29 is 9.90 Å². The number of imidazole rings is 1. The van der Waals surface area contributed by atoms with E-state index in [9.17, 15) is 9.90 Å². The lowest BCUT2D eigenvalue weighted by atomic mass is 9.84. The Bertz CT molecular complexity index is 922. The SMILES string of the molecule is Cn1c(CN2CC(C(=O)O)CC(c3ccccc3)C2)nc2ccncc21. The summed E-state index contributed by atoms with van der Waals surface area (Å²) < 4.78 is 2.05. The molecule has 0 amide bonds. The van der Waals surface area contributed by atoms with Crippen LogP contribution in [0.2, 0.25) is 0 Å². The van der Waals surface area contributed by atoms with E-state index in [-0.39, 0.29) is 11.8 Å². The first-order valence-corrected chi connectivity index (χ1v) is 8.87. The zero-order chi connectivity index (χ0) is 18.1. The van der Waals surface area contributed by atoms with Gasteiger partial charge in [0, 0.05) is 26.3 Å². The molecule has 2 unspecified atom stereocenters. The third-order valence-corrected chi connectivity index (χ3v) is 5.29. The number of hydrogen-bond acceptors (Lipinski definition) is 4. The fourth-order valence-corrected chi connectivity index (χ4v) is 3.89. The molecule has 0 saturated carbocycles. The highest BCUT2D eigenvalue weighted by Crippen LogP contribution is 2.31. The maximum absolute atomic E-state index is 11.7. The van der Waals surface area contributed by atoms with E-state index in [2.05, 4.69) is 22.0 Å². The summed E-state index contributed by atoms with van der Waals surface area (Å²) in [5.74, 6) is 0.0865. The molecule has 1 saturated heterocycles. The Balaban J connectivity index is 1.59. The van der Waals surface area contributed by atoms with E-state index in [1.165, 1.54) is 5.56 Å². The number of carboxylic acid groups (broad SMARTS) is 1. The van der Waals surface area contributed by atoms with Crippen molar-refractivity contribution in [1.82, 2.24) is 19.4 Å². The first-order valence-electron chi connectivity index (χ1n) is 8.87. The number of rotatable bonds is 4. The van der Waals surface area contributed by atoms with Crippen molar-refractivity contribution in [2.24, 2.45) is 13.0 Å². The topological polar surface area (TPSA) is 71.2 Å². The number of aliphatic carboxylic acids is 1. The maximum atomic E-state index is 11.7. The van der Waals surface area contributed by atoms with Crippen LogP contribution < -0.4 is 0 Å². The van der Waals surface area contributed by atoms with Crippen LogP contribution in [0.1, 0.15) is 23.7 Å². The van der Waals surface area contributed by atoms with Gasteiger partial charge < -0.3 is 9.67 Å². The van der Waals surface area contributed by atoms with Crippen molar-refractivity contribution in [1.29, 1.82) is 0 Å². The highest BCUT2D eigenvalue weighted by atomic mass is 16.4. The molecule has 134 valence electrons. The van der Waals surface area contributed by atoms with Gasteiger partial charge in [-0.1, -0.05) is 30.3 Å². The van der Waals surface area contributed by atoms with Crippen LogP contribution in [-0.2, 0) is 18.4 Å². The zero-order valence-corrected chi connectivity index (χ0v) is 14.7. The molecule has 3 aromatic rings. The molecule has 3 heterocycles. The molecular weight excluding hydrogens is 328 g/mol. The smallest absolute Gasteiger partial charge is 0.307 e. The highest BCUT2D eigenvalue weighted by molar-refractivity contribution is 5.74. The van der Waals surface area contributed by atoms with Gasteiger partial charge in [-0.2, -0.15) is 0 Å². The number of carbonyl (C=O) groups is 1. The van der Waals surface area contributed by atoms with E-state index >= 15 is 0 Å². The number of pyridine rings is 1. The normalized spacial score (nSPS) is 21.1. The van der Waals surface area contributed by atoms with Crippen molar-refractivity contribution in [2.75, 3.05) is 13.1 Å². The highest BCUT2D eigenvalue weighted by Gasteiger charge is 2.32. The summed E-state index contributed by atoms with van der Waals surface area (Å²) >= 11 is 0. The fourth-order valence-electron chi connectivity index (χ4n) is 3.89. The second-order valence-corrected chi connectivity index (χ2v) is 7.02. The molecular formula is C20H22N4O2. The molecule has 1 aliphatic heterocycles. The first kappa shape index (κ1) is 16.7. The third kappa shape index (κ3) is 3.20. The molecule has 2 aromatic heterocycles. The van der Waals surface area contributed by atoms with Crippen molar-refractivity contribution in [3.05, 3.63) is 60.2 Å². The summed E-state index contributed by atoms with van der Waals surface area (Å²) in [4.78, 5) is 22.8. The van der Waals surface area contributed by atoms with Gasteiger partial charge in [0.1, 0.15) is 5.82 Å². The second kappa shape index (κ2) is 6.88. The molecule has 0 spiro atoms. The number of hydrogen-bond donors (Lipinski definition) is 1. The monoisotopic (exact) mass is 350 g/mol. The lowest BCUT2D eigenvalue weighted by molar-refractivity contribution is -0.144. The van der Waals surface area contributed by atoms with Crippen LogP contribution in [0.3, 0.4) is 0 Å². The van der Waals surface area contributed by atoms with Gasteiger partial charge in [0.2, 0.25) is 0 Å². The number of piperidine rings is 1. The maximum Gasteiger partial charge on any atom is 0.307 e. The van der Waals surface area contributed by atoms with Crippen molar-refractivity contribution in [3.8, 4) is 0 Å². The van der Waals surface area contributed by atoms with Gasteiger partial charge in [-0.3, -0.25) is 14.7 Å². The molecule has 0 aliphatic carbocycles. The Morgan fingerprint density at radius 3 is 2.77 bits per heavy atom. The van der Waals surface area contributed by atoms with Gasteiger partial charge in [0.15, 0.2) is 0 Å². The molecule has 1 aromatic carbocycles. The average Bonchev–Trinajstić information content (AvgIpc) is 2.98. The van der Waals surface area contributed by atoms with E-state index in [1.807, 2.05) is 42.1 Å². The van der Waals surface area contributed by atoms with Gasteiger partial charge >= 0.3 is 5.97 Å².